The van der Waals surface area contributed by atoms with E-state index in [1.165, 1.54) is 19.1 Å². The SMILES string of the molecule is CC(=O)OCC1OC(Sc2cccc(C(F)(F)F)c2)C(OC(C)=O)C(N)C1OC(C)=O. The standard InChI is InChI=1S/C19H22F3NO7S/c1-9(24)27-8-14-16(28-10(2)25)15(23)17(29-11(3)26)18(30-14)31-13-6-4-5-12(7-13)19(20,21)22/h4-7,14-18H,8,23H2,1-3H3. The predicted octanol–water partition coefficient (Wildman–Crippen LogP) is 2.28. The number of nitrogens with two attached hydrogens (primary N) is 1. The van der Waals surface area contributed by atoms with Crippen molar-refractivity contribution in [2.45, 2.75) is 61.6 Å². The zero-order chi connectivity index (χ0) is 23.3. The summed E-state index contributed by atoms with van der Waals surface area (Å²) in [6, 6.07) is 3.40. The Kier molecular flexibility index (Phi) is 8.32. The van der Waals surface area contributed by atoms with Gasteiger partial charge in [0.1, 0.15) is 24.3 Å². The molecule has 8 nitrogen and oxygen atoms in total. The van der Waals surface area contributed by atoms with E-state index < -0.39 is 59.4 Å². The molecule has 0 spiro atoms. The van der Waals surface area contributed by atoms with Crippen molar-refractivity contribution >= 4 is 29.7 Å². The summed E-state index contributed by atoms with van der Waals surface area (Å²) < 4.78 is 60.3. The number of halogens is 3. The zero-order valence-electron chi connectivity index (χ0n) is 16.9. The highest BCUT2D eigenvalue weighted by Crippen LogP contribution is 2.38. The molecule has 5 atom stereocenters. The minimum Gasteiger partial charge on any atom is -0.463 e. The van der Waals surface area contributed by atoms with Gasteiger partial charge in [0, 0.05) is 25.7 Å². The van der Waals surface area contributed by atoms with Crippen LogP contribution in [0, 0.1) is 0 Å². The minimum absolute atomic E-state index is 0.182. The molecule has 0 aliphatic carbocycles. The van der Waals surface area contributed by atoms with Gasteiger partial charge in [-0.25, -0.2) is 0 Å². The Morgan fingerprint density at radius 1 is 1.06 bits per heavy atom. The molecule has 0 amide bonds. The van der Waals surface area contributed by atoms with Gasteiger partial charge in [-0.05, 0) is 18.2 Å². The molecule has 0 aromatic heterocycles. The molecule has 172 valence electrons. The number of hydrogen-bond acceptors (Lipinski definition) is 9. The molecule has 2 rings (SSSR count). The summed E-state index contributed by atoms with van der Waals surface area (Å²) in [6.45, 7) is 3.11. The summed E-state index contributed by atoms with van der Waals surface area (Å²) >= 11 is 0.847. The van der Waals surface area contributed by atoms with Gasteiger partial charge in [0.25, 0.3) is 0 Å². The van der Waals surface area contributed by atoms with Crippen LogP contribution in [0.4, 0.5) is 13.2 Å². The average Bonchev–Trinajstić information content (AvgIpc) is 2.64. The van der Waals surface area contributed by atoms with Gasteiger partial charge < -0.3 is 24.7 Å². The first kappa shape index (κ1) is 25.0. The molecule has 1 saturated heterocycles. The highest BCUT2D eigenvalue weighted by Gasteiger charge is 2.48. The lowest BCUT2D eigenvalue weighted by atomic mass is 9.97. The summed E-state index contributed by atoms with van der Waals surface area (Å²) in [6.07, 6.45) is -7.86. The van der Waals surface area contributed by atoms with Gasteiger partial charge in [-0.3, -0.25) is 14.4 Å². The fourth-order valence-electron chi connectivity index (χ4n) is 2.92. The van der Waals surface area contributed by atoms with Crippen LogP contribution in [0.25, 0.3) is 0 Å². The highest BCUT2D eigenvalue weighted by molar-refractivity contribution is 7.99. The Hall–Kier alpha value is -2.31. The first-order valence-electron chi connectivity index (χ1n) is 9.11. The largest absolute Gasteiger partial charge is 0.463 e. The number of alkyl halides is 3. The quantitative estimate of drug-likeness (QED) is 0.499. The molecule has 0 saturated carbocycles. The van der Waals surface area contributed by atoms with E-state index in [2.05, 4.69) is 0 Å². The summed E-state index contributed by atoms with van der Waals surface area (Å²) in [5.74, 6) is -2.02. The van der Waals surface area contributed by atoms with E-state index in [9.17, 15) is 27.6 Å². The lowest BCUT2D eigenvalue weighted by Gasteiger charge is -2.43. The number of rotatable bonds is 6. The molecular weight excluding hydrogens is 443 g/mol. The van der Waals surface area contributed by atoms with Crippen LogP contribution in [0.1, 0.15) is 26.3 Å². The second-order valence-electron chi connectivity index (χ2n) is 6.71. The van der Waals surface area contributed by atoms with Gasteiger partial charge >= 0.3 is 24.1 Å². The van der Waals surface area contributed by atoms with Crippen molar-refractivity contribution in [1.29, 1.82) is 0 Å². The van der Waals surface area contributed by atoms with Crippen LogP contribution in [0.15, 0.2) is 29.2 Å². The molecule has 1 fully saturated rings. The summed E-state index contributed by atoms with van der Waals surface area (Å²) in [4.78, 5) is 34.5. The molecule has 1 aliphatic heterocycles. The molecular formula is C19H22F3NO7S. The van der Waals surface area contributed by atoms with Crippen LogP contribution < -0.4 is 5.73 Å². The number of carbonyl (C=O) groups is 3. The third kappa shape index (κ3) is 7.11. The number of benzene rings is 1. The van der Waals surface area contributed by atoms with Gasteiger partial charge in [-0.2, -0.15) is 13.2 Å². The molecule has 1 heterocycles. The van der Waals surface area contributed by atoms with Crippen molar-refractivity contribution in [3.8, 4) is 0 Å². The Balaban J connectivity index is 2.34. The molecule has 1 aromatic rings. The Morgan fingerprint density at radius 3 is 2.23 bits per heavy atom. The van der Waals surface area contributed by atoms with E-state index in [4.69, 9.17) is 24.7 Å². The molecule has 0 radical (unpaired) electrons. The Labute approximate surface area is 180 Å². The molecule has 31 heavy (non-hydrogen) atoms. The van der Waals surface area contributed by atoms with Gasteiger partial charge in [0.2, 0.25) is 0 Å². The third-order valence-corrected chi connectivity index (χ3v) is 5.31. The molecule has 1 aromatic carbocycles. The zero-order valence-corrected chi connectivity index (χ0v) is 17.7. The van der Waals surface area contributed by atoms with E-state index in [1.807, 2.05) is 0 Å². The third-order valence-electron chi connectivity index (χ3n) is 4.17. The average molecular weight is 465 g/mol. The van der Waals surface area contributed by atoms with Crippen molar-refractivity contribution in [3.63, 3.8) is 0 Å². The maximum atomic E-state index is 13.0. The van der Waals surface area contributed by atoms with Crippen LogP contribution in [0.2, 0.25) is 0 Å². The van der Waals surface area contributed by atoms with Crippen LogP contribution >= 0.6 is 11.8 Å². The van der Waals surface area contributed by atoms with Crippen LogP contribution in [0.3, 0.4) is 0 Å². The van der Waals surface area contributed by atoms with Crippen molar-refractivity contribution < 1.29 is 46.5 Å². The van der Waals surface area contributed by atoms with E-state index >= 15 is 0 Å². The number of esters is 3. The van der Waals surface area contributed by atoms with E-state index in [0.717, 1.165) is 37.7 Å². The summed E-state index contributed by atoms with van der Waals surface area (Å²) in [5, 5.41) is 0. The normalized spacial score (nSPS) is 26.1. The first-order valence-corrected chi connectivity index (χ1v) is 9.99. The Bertz CT molecular complexity index is 818. The van der Waals surface area contributed by atoms with Crippen LogP contribution in [0.5, 0.6) is 0 Å². The minimum atomic E-state index is -4.55. The second-order valence-corrected chi connectivity index (χ2v) is 7.89. The van der Waals surface area contributed by atoms with Crippen molar-refractivity contribution in [3.05, 3.63) is 29.8 Å². The van der Waals surface area contributed by atoms with Gasteiger partial charge in [-0.15, -0.1) is 0 Å². The lowest BCUT2D eigenvalue weighted by Crippen LogP contribution is -2.63. The van der Waals surface area contributed by atoms with Gasteiger partial charge in [0.05, 0.1) is 11.6 Å². The molecule has 0 bridgehead atoms. The lowest BCUT2D eigenvalue weighted by molar-refractivity contribution is -0.201. The number of thioether (sulfide) groups is 1. The van der Waals surface area contributed by atoms with Gasteiger partial charge in [0.15, 0.2) is 6.10 Å². The first-order chi connectivity index (χ1) is 14.4. The van der Waals surface area contributed by atoms with Crippen molar-refractivity contribution in [2.75, 3.05) is 6.61 Å². The van der Waals surface area contributed by atoms with Crippen molar-refractivity contribution in [2.24, 2.45) is 5.73 Å². The molecule has 2 N–H and O–H groups in total. The smallest absolute Gasteiger partial charge is 0.416 e. The summed E-state index contributed by atoms with van der Waals surface area (Å²) in [7, 11) is 0. The summed E-state index contributed by atoms with van der Waals surface area (Å²) in [5.41, 5.74) is 4.27. The fraction of sp³-hybridized carbons (Fsp3) is 0.526. The number of ether oxygens (including phenoxy) is 4. The van der Waals surface area contributed by atoms with Gasteiger partial charge in [-0.1, -0.05) is 17.8 Å². The molecule has 12 heteroatoms. The van der Waals surface area contributed by atoms with Crippen LogP contribution in [-0.2, 0) is 39.5 Å². The topological polar surface area (TPSA) is 114 Å². The number of carbonyl (C=O) groups excluding carboxylic acids is 3. The highest BCUT2D eigenvalue weighted by atomic mass is 32.2. The van der Waals surface area contributed by atoms with E-state index in [0.29, 0.717) is 0 Å². The fourth-order valence-corrected chi connectivity index (χ4v) is 4.11. The van der Waals surface area contributed by atoms with E-state index in [-0.39, 0.29) is 11.5 Å². The van der Waals surface area contributed by atoms with E-state index in [1.54, 1.807) is 0 Å². The van der Waals surface area contributed by atoms with Crippen LogP contribution in [-0.4, -0.2) is 54.3 Å². The second kappa shape index (κ2) is 10.3. The Morgan fingerprint density at radius 2 is 1.68 bits per heavy atom. The monoisotopic (exact) mass is 465 g/mol. The molecule has 1 aliphatic rings. The molecule has 5 unspecified atom stereocenters. The maximum absolute atomic E-state index is 13.0. The number of hydrogen-bond donors (Lipinski definition) is 1. The van der Waals surface area contributed by atoms with Crippen molar-refractivity contribution in [1.82, 2.24) is 0 Å². The maximum Gasteiger partial charge on any atom is 0.416 e. The predicted molar refractivity (Wildman–Crippen MR) is 102 cm³/mol.